The molecular formula is C26H27N7O3. The molecule has 10 nitrogen and oxygen atoms in total. The van der Waals surface area contributed by atoms with E-state index in [4.69, 9.17) is 24.2 Å². The average molecular weight is 486 g/mol. The number of pyridine rings is 1. The SMILES string of the molecule is COCCn1cc(-c2cnc(N3CCOCC3)c3nc(COc4ccc5ccccc5n4)cn23)cn1. The van der Waals surface area contributed by atoms with E-state index in [1.165, 1.54) is 0 Å². The van der Waals surface area contributed by atoms with Gasteiger partial charge in [-0.3, -0.25) is 9.08 Å². The highest BCUT2D eigenvalue weighted by atomic mass is 16.5. The topological polar surface area (TPSA) is 91.8 Å². The summed E-state index contributed by atoms with van der Waals surface area (Å²) in [5, 5.41) is 5.55. The largest absolute Gasteiger partial charge is 0.471 e. The Labute approximate surface area is 208 Å². The van der Waals surface area contributed by atoms with Crippen molar-refractivity contribution >= 4 is 22.4 Å². The predicted octanol–water partition coefficient (Wildman–Crippen LogP) is 3.20. The Balaban J connectivity index is 1.33. The highest BCUT2D eigenvalue weighted by Crippen LogP contribution is 2.27. The quantitative estimate of drug-likeness (QED) is 0.331. The first kappa shape index (κ1) is 22.4. The van der Waals surface area contributed by atoms with Crippen molar-refractivity contribution in [3.8, 4) is 17.1 Å². The van der Waals surface area contributed by atoms with Gasteiger partial charge in [0.05, 0.1) is 55.7 Å². The molecule has 0 bridgehead atoms. The van der Waals surface area contributed by atoms with Crippen molar-refractivity contribution in [3.63, 3.8) is 0 Å². The van der Waals surface area contributed by atoms with Crippen molar-refractivity contribution in [2.24, 2.45) is 0 Å². The molecule has 1 saturated heterocycles. The molecule has 0 radical (unpaired) electrons. The average Bonchev–Trinajstić information content (AvgIpc) is 3.58. The standard InChI is InChI=1S/C26H27N7O3/c1-34-11-10-32-16-20(14-28-32)23-15-27-25(31-8-12-35-13-9-31)26-29-21(17-33(23)26)18-36-24-7-6-19-4-2-3-5-22(19)30-24/h2-7,14-17H,8-13,18H2,1H3. The Hall–Kier alpha value is -4.02. The number of imidazole rings is 1. The van der Waals surface area contributed by atoms with E-state index in [9.17, 15) is 0 Å². The lowest BCUT2D eigenvalue weighted by molar-refractivity contribution is 0.122. The van der Waals surface area contributed by atoms with Crippen molar-refractivity contribution in [3.05, 3.63) is 66.9 Å². The van der Waals surface area contributed by atoms with Gasteiger partial charge in [-0.2, -0.15) is 5.10 Å². The molecular weight excluding hydrogens is 458 g/mol. The number of hydrogen-bond acceptors (Lipinski definition) is 8. The van der Waals surface area contributed by atoms with E-state index in [2.05, 4.69) is 19.4 Å². The summed E-state index contributed by atoms with van der Waals surface area (Å²) >= 11 is 0. The summed E-state index contributed by atoms with van der Waals surface area (Å²) in [6.45, 7) is 4.47. The number of benzene rings is 1. The fourth-order valence-corrected chi connectivity index (χ4v) is 4.37. The second-order valence-corrected chi connectivity index (χ2v) is 8.61. The molecule has 1 aliphatic heterocycles. The number of morpholine rings is 1. The van der Waals surface area contributed by atoms with Crippen LogP contribution in [0, 0.1) is 0 Å². The Morgan fingerprint density at radius 2 is 1.89 bits per heavy atom. The lowest BCUT2D eigenvalue weighted by Crippen LogP contribution is -2.37. The molecule has 0 N–H and O–H groups in total. The first-order valence-corrected chi connectivity index (χ1v) is 12.0. The zero-order chi connectivity index (χ0) is 24.3. The van der Waals surface area contributed by atoms with Crippen LogP contribution in [0.3, 0.4) is 0 Å². The van der Waals surface area contributed by atoms with Crippen molar-refractivity contribution in [2.75, 3.05) is 44.9 Å². The normalized spacial score (nSPS) is 14.1. The molecule has 10 heteroatoms. The highest BCUT2D eigenvalue weighted by Gasteiger charge is 2.20. The fraction of sp³-hybridized carbons (Fsp3) is 0.308. The summed E-state index contributed by atoms with van der Waals surface area (Å²) in [7, 11) is 1.69. The molecule has 1 fully saturated rings. The van der Waals surface area contributed by atoms with Gasteiger partial charge in [0.25, 0.3) is 0 Å². The Morgan fingerprint density at radius 3 is 2.78 bits per heavy atom. The van der Waals surface area contributed by atoms with Crippen molar-refractivity contribution in [1.29, 1.82) is 0 Å². The minimum absolute atomic E-state index is 0.294. The molecule has 5 heterocycles. The monoisotopic (exact) mass is 485 g/mol. The van der Waals surface area contributed by atoms with Crippen LogP contribution in [-0.4, -0.2) is 69.2 Å². The number of hydrogen-bond donors (Lipinski definition) is 0. The Kier molecular flexibility index (Phi) is 6.18. The molecule has 36 heavy (non-hydrogen) atoms. The maximum atomic E-state index is 6.04. The van der Waals surface area contributed by atoms with Crippen LogP contribution < -0.4 is 9.64 Å². The molecule has 4 aromatic heterocycles. The highest BCUT2D eigenvalue weighted by molar-refractivity contribution is 5.78. The van der Waals surface area contributed by atoms with Gasteiger partial charge in [0.2, 0.25) is 5.88 Å². The predicted molar refractivity (Wildman–Crippen MR) is 135 cm³/mol. The number of nitrogens with zero attached hydrogens (tertiary/aromatic N) is 7. The van der Waals surface area contributed by atoms with E-state index in [1.807, 2.05) is 65.9 Å². The molecule has 6 rings (SSSR count). The van der Waals surface area contributed by atoms with Gasteiger partial charge in [-0.05, 0) is 12.1 Å². The Morgan fingerprint density at radius 1 is 1.00 bits per heavy atom. The van der Waals surface area contributed by atoms with Gasteiger partial charge in [0.15, 0.2) is 11.5 Å². The third-order valence-corrected chi connectivity index (χ3v) is 6.23. The third-order valence-electron chi connectivity index (χ3n) is 6.23. The maximum Gasteiger partial charge on any atom is 0.214 e. The molecule has 184 valence electrons. The second-order valence-electron chi connectivity index (χ2n) is 8.61. The second kappa shape index (κ2) is 9.92. The fourth-order valence-electron chi connectivity index (χ4n) is 4.37. The summed E-state index contributed by atoms with van der Waals surface area (Å²) < 4.78 is 20.7. The van der Waals surface area contributed by atoms with Crippen molar-refractivity contribution in [1.82, 2.24) is 29.1 Å². The molecule has 0 amide bonds. The smallest absolute Gasteiger partial charge is 0.214 e. The number of aromatic nitrogens is 6. The summed E-state index contributed by atoms with van der Waals surface area (Å²) in [6, 6.07) is 11.9. The number of rotatable bonds is 8. The maximum absolute atomic E-state index is 6.04. The van der Waals surface area contributed by atoms with Crippen LogP contribution >= 0.6 is 0 Å². The number of fused-ring (bicyclic) bond motifs is 2. The van der Waals surface area contributed by atoms with Crippen molar-refractivity contribution in [2.45, 2.75) is 13.2 Å². The first-order chi connectivity index (χ1) is 17.8. The molecule has 0 saturated carbocycles. The van der Waals surface area contributed by atoms with Crippen LogP contribution in [0.1, 0.15) is 5.69 Å². The first-order valence-electron chi connectivity index (χ1n) is 12.0. The zero-order valence-corrected chi connectivity index (χ0v) is 20.1. The number of methoxy groups -OCH3 is 1. The Bertz CT molecular complexity index is 1490. The van der Waals surface area contributed by atoms with Gasteiger partial charge < -0.3 is 19.1 Å². The lowest BCUT2D eigenvalue weighted by atomic mass is 10.2. The van der Waals surface area contributed by atoms with Gasteiger partial charge in [-0.25, -0.2) is 15.0 Å². The van der Waals surface area contributed by atoms with E-state index < -0.39 is 0 Å². The van der Waals surface area contributed by atoms with E-state index in [0.29, 0.717) is 38.9 Å². The third kappa shape index (κ3) is 4.48. The van der Waals surface area contributed by atoms with E-state index in [0.717, 1.165) is 52.4 Å². The molecule has 5 aromatic rings. The molecule has 0 spiro atoms. The van der Waals surface area contributed by atoms with Crippen LogP contribution in [0.25, 0.3) is 27.8 Å². The lowest BCUT2D eigenvalue weighted by Gasteiger charge is -2.28. The van der Waals surface area contributed by atoms with Crippen LogP contribution in [0.2, 0.25) is 0 Å². The van der Waals surface area contributed by atoms with Crippen LogP contribution in [0.4, 0.5) is 5.82 Å². The number of para-hydroxylation sites is 1. The summed E-state index contributed by atoms with van der Waals surface area (Å²) in [5.41, 5.74) is 4.34. The van der Waals surface area contributed by atoms with Gasteiger partial charge in [-0.15, -0.1) is 0 Å². The zero-order valence-electron chi connectivity index (χ0n) is 20.1. The minimum atomic E-state index is 0.294. The van der Waals surface area contributed by atoms with Crippen LogP contribution in [0.5, 0.6) is 5.88 Å². The molecule has 1 aromatic carbocycles. The van der Waals surface area contributed by atoms with Gasteiger partial charge in [-0.1, -0.05) is 18.2 Å². The molecule has 0 unspecified atom stereocenters. The summed E-state index contributed by atoms with van der Waals surface area (Å²) in [4.78, 5) is 16.6. The summed E-state index contributed by atoms with van der Waals surface area (Å²) in [6.07, 6.45) is 7.73. The van der Waals surface area contributed by atoms with Crippen LogP contribution in [-0.2, 0) is 22.6 Å². The van der Waals surface area contributed by atoms with E-state index in [-0.39, 0.29) is 0 Å². The van der Waals surface area contributed by atoms with Gasteiger partial charge in [0.1, 0.15) is 6.61 Å². The van der Waals surface area contributed by atoms with E-state index in [1.54, 1.807) is 7.11 Å². The number of ether oxygens (including phenoxy) is 3. The molecule has 1 aliphatic rings. The number of anilines is 1. The van der Waals surface area contributed by atoms with E-state index >= 15 is 0 Å². The van der Waals surface area contributed by atoms with Crippen LogP contribution in [0.15, 0.2) is 61.2 Å². The summed E-state index contributed by atoms with van der Waals surface area (Å²) in [5.74, 6) is 1.40. The molecule has 0 aliphatic carbocycles. The molecule has 0 atom stereocenters. The van der Waals surface area contributed by atoms with Crippen molar-refractivity contribution < 1.29 is 14.2 Å². The van der Waals surface area contributed by atoms with Gasteiger partial charge in [0, 0.05) is 49.6 Å². The minimum Gasteiger partial charge on any atom is -0.471 e. The van der Waals surface area contributed by atoms with Gasteiger partial charge >= 0.3 is 0 Å².